The molecule has 1 heterocycles. The number of rotatable bonds is 6. The zero-order valence-corrected chi connectivity index (χ0v) is 19.1. The van der Waals surface area contributed by atoms with Crippen LogP contribution in [0, 0.1) is 13.8 Å². The molecule has 0 aliphatic carbocycles. The second-order valence-corrected chi connectivity index (χ2v) is 9.83. The first-order chi connectivity index (χ1) is 15.3. The van der Waals surface area contributed by atoms with Crippen molar-refractivity contribution < 1.29 is 13.2 Å². The van der Waals surface area contributed by atoms with Crippen LogP contribution in [-0.4, -0.2) is 19.3 Å². The molecule has 0 spiro atoms. The third kappa shape index (κ3) is 4.87. The maximum atomic E-state index is 12.7. The van der Waals surface area contributed by atoms with E-state index < -0.39 is 10.0 Å². The average Bonchev–Trinajstić information content (AvgIpc) is 3.24. The van der Waals surface area contributed by atoms with E-state index in [1.807, 2.05) is 24.4 Å². The van der Waals surface area contributed by atoms with Crippen LogP contribution in [0.1, 0.15) is 21.5 Å². The highest BCUT2D eigenvalue weighted by atomic mass is 32.2. The van der Waals surface area contributed by atoms with Crippen molar-refractivity contribution in [1.82, 2.24) is 4.98 Å². The van der Waals surface area contributed by atoms with Gasteiger partial charge >= 0.3 is 0 Å². The summed E-state index contributed by atoms with van der Waals surface area (Å²) in [5.41, 5.74) is 4.79. The van der Waals surface area contributed by atoms with Crippen molar-refractivity contribution in [3.05, 3.63) is 94.9 Å². The predicted molar refractivity (Wildman–Crippen MR) is 129 cm³/mol. The highest BCUT2D eigenvalue weighted by Gasteiger charge is 2.15. The van der Waals surface area contributed by atoms with Gasteiger partial charge in [-0.3, -0.25) is 14.8 Å². The van der Waals surface area contributed by atoms with Crippen molar-refractivity contribution in [2.24, 2.45) is 0 Å². The van der Waals surface area contributed by atoms with Crippen LogP contribution in [0.2, 0.25) is 0 Å². The third-order valence-electron chi connectivity index (χ3n) is 4.96. The molecule has 0 bridgehead atoms. The lowest BCUT2D eigenvalue weighted by atomic mass is 10.1. The summed E-state index contributed by atoms with van der Waals surface area (Å²) < 4.78 is 27.6. The minimum atomic E-state index is -3.74. The van der Waals surface area contributed by atoms with Crippen molar-refractivity contribution in [2.45, 2.75) is 18.7 Å². The van der Waals surface area contributed by atoms with Gasteiger partial charge in [0.2, 0.25) is 0 Å². The number of aryl methyl sites for hydroxylation is 2. The van der Waals surface area contributed by atoms with E-state index in [0.29, 0.717) is 16.4 Å². The van der Waals surface area contributed by atoms with Crippen LogP contribution in [0.4, 0.5) is 10.8 Å². The lowest BCUT2D eigenvalue weighted by Gasteiger charge is -2.09. The molecule has 1 amide bonds. The summed E-state index contributed by atoms with van der Waals surface area (Å²) in [4.78, 5) is 17.4. The second-order valence-electron chi connectivity index (χ2n) is 7.29. The zero-order chi connectivity index (χ0) is 22.7. The quantitative estimate of drug-likeness (QED) is 0.396. The molecule has 2 N–H and O–H groups in total. The molecule has 0 atom stereocenters. The summed E-state index contributed by atoms with van der Waals surface area (Å²) in [5.74, 6) is -0.369. The van der Waals surface area contributed by atoms with Crippen molar-refractivity contribution in [2.75, 3.05) is 10.0 Å². The van der Waals surface area contributed by atoms with Crippen LogP contribution in [0.25, 0.3) is 11.3 Å². The molecule has 0 aliphatic heterocycles. The number of hydrogen-bond donors (Lipinski definition) is 2. The molecule has 162 valence electrons. The van der Waals surface area contributed by atoms with E-state index in [-0.39, 0.29) is 10.8 Å². The van der Waals surface area contributed by atoms with Crippen molar-refractivity contribution in [3.8, 4) is 11.3 Å². The largest absolute Gasteiger partial charge is 0.298 e. The Balaban J connectivity index is 1.49. The minimum Gasteiger partial charge on any atom is -0.298 e. The number of carbonyl (C=O) groups is 1. The van der Waals surface area contributed by atoms with E-state index in [9.17, 15) is 13.2 Å². The summed E-state index contributed by atoms with van der Waals surface area (Å²) in [6, 6.07) is 20.5. The van der Waals surface area contributed by atoms with Gasteiger partial charge < -0.3 is 0 Å². The third-order valence-corrected chi connectivity index (χ3v) is 7.11. The topological polar surface area (TPSA) is 88.2 Å². The van der Waals surface area contributed by atoms with Crippen LogP contribution in [0.3, 0.4) is 0 Å². The number of benzene rings is 3. The Labute approximate surface area is 191 Å². The summed E-state index contributed by atoms with van der Waals surface area (Å²) in [5, 5.41) is 5.15. The van der Waals surface area contributed by atoms with Crippen molar-refractivity contribution in [3.63, 3.8) is 0 Å². The molecule has 3 aromatic carbocycles. The molecule has 0 aliphatic rings. The van der Waals surface area contributed by atoms with Gasteiger partial charge in [-0.25, -0.2) is 13.4 Å². The van der Waals surface area contributed by atoms with Gasteiger partial charge in [0, 0.05) is 22.2 Å². The van der Waals surface area contributed by atoms with Gasteiger partial charge in [0.05, 0.1) is 10.6 Å². The Kier molecular flexibility index (Phi) is 6.07. The monoisotopic (exact) mass is 463 g/mol. The lowest BCUT2D eigenvalue weighted by molar-refractivity contribution is 0.102. The maximum Gasteiger partial charge on any atom is 0.261 e. The number of thiazole rings is 1. The SMILES string of the molecule is Cc1ccc(-c2csc(NC(=O)c3cccc(NS(=O)(=O)c4ccccc4)c3)n2)cc1C. The first kappa shape index (κ1) is 21.7. The van der Waals surface area contributed by atoms with E-state index in [4.69, 9.17) is 0 Å². The highest BCUT2D eigenvalue weighted by Crippen LogP contribution is 2.27. The van der Waals surface area contributed by atoms with Gasteiger partial charge in [-0.1, -0.05) is 36.4 Å². The molecule has 6 nitrogen and oxygen atoms in total. The summed E-state index contributed by atoms with van der Waals surface area (Å²) >= 11 is 1.33. The summed E-state index contributed by atoms with van der Waals surface area (Å²) in [6.45, 7) is 4.10. The van der Waals surface area contributed by atoms with Gasteiger partial charge in [-0.05, 0) is 61.4 Å². The number of nitrogens with one attached hydrogen (secondary N) is 2. The van der Waals surface area contributed by atoms with Gasteiger partial charge in [-0.15, -0.1) is 11.3 Å². The van der Waals surface area contributed by atoms with Crippen molar-refractivity contribution in [1.29, 1.82) is 0 Å². The fraction of sp³-hybridized carbons (Fsp3) is 0.0833. The summed E-state index contributed by atoms with van der Waals surface area (Å²) in [7, 11) is -3.74. The van der Waals surface area contributed by atoms with E-state index in [1.165, 1.54) is 40.7 Å². The number of amides is 1. The smallest absolute Gasteiger partial charge is 0.261 e. The number of carbonyl (C=O) groups excluding carboxylic acids is 1. The Morgan fingerprint density at radius 2 is 1.69 bits per heavy atom. The van der Waals surface area contributed by atoms with E-state index in [1.54, 1.807) is 36.4 Å². The van der Waals surface area contributed by atoms with Gasteiger partial charge in [-0.2, -0.15) is 0 Å². The number of aromatic nitrogens is 1. The number of sulfonamides is 1. The molecule has 32 heavy (non-hydrogen) atoms. The first-order valence-electron chi connectivity index (χ1n) is 9.84. The van der Waals surface area contributed by atoms with Gasteiger partial charge in [0.25, 0.3) is 15.9 Å². The molecule has 8 heteroatoms. The predicted octanol–water partition coefficient (Wildman–Crippen LogP) is 5.48. The van der Waals surface area contributed by atoms with E-state index >= 15 is 0 Å². The Bertz CT molecular complexity index is 1380. The average molecular weight is 464 g/mol. The van der Waals surface area contributed by atoms with Crippen LogP contribution in [-0.2, 0) is 10.0 Å². The maximum absolute atomic E-state index is 12.7. The standard InChI is InChI=1S/C24H21N3O3S2/c1-16-11-12-18(13-17(16)2)22-15-31-24(25-22)26-23(28)19-7-6-8-20(14-19)27-32(29,30)21-9-4-3-5-10-21/h3-15,27H,1-2H3,(H,25,26,28). The molecular formula is C24H21N3O3S2. The summed E-state index contributed by atoms with van der Waals surface area (Å²) in [6.07, 6.45) is 0. The van der Waals surface area contributed by atoms with Crippen LogP contribution >= 0.6 is 11.3 Å². The number of anilines is 2. The lowest BCUT2D eigenvalue weighted by Crippen LogP contribution is -2.15. The second kappa shape index (κ2) is 8.94. The minimum absolute atomic E-state index is 0.150. The van der Waals surface area contributed by atoms with Gasteiger partial charge in [0.1, 0.15) is 0 Å². The number of hydrogen-bond acceptors (Lipinski definition) is 5. The highest BCUT2D eigenvalue weighted by molar-refractivity contribution is 7.92. The molecule has 0 saturated carbocycles. The van der Waals surface area contributed by atoms with Gasteiger partial charge in [0.15, 0.2) is 5.13 Å². The normalized spacial score (nSPS) is 11.2. The van der Waals surface area contributed by atoms with E-state index in [2.05, 4.69) is 28.0 Å². The number of nitrogens with zero attached hydrogens (tertiary/aromatic N) is 1. The Morgan fingerprint density at radius 3 is 2.44 bits per heavy atom. The fourth-order valence-electron chi connectivity index (χ4n) is 3.07. The van der Waals surface area contributed by atoms with Crippen LogP contribution in [0.15, 0.2) is 83.1 Å². The first-order valence-corrected chi connectivity index (χ1v) is 12.2. The molecular weight excluding hydrogens is 442 g/mol. The zero-order valence-electron chi connectivity index (χ0n) is 17.5. The molecule has 0 saturated heterocycles. The molecule has 0 radical (unpaired) electrons. The molecule has 1 aromatic heterocycles. The molecule has 4 aromatic rings. The van der Waals surface area contributed by atoms with E-state index in [0.717, 1.165) is 11.3 Å². The van der Waals surface area contributed by atoms with Crippen molar-refractivity contribution >= 4 is 38.1 Å². The molecule has 0 unspecified atom stereocenters. The Hall–Kier alpha value is -3.49. The molecule has 0 fully saturated rings. The fourth-order valence-corrected chi connectivity index (χ4v) is 4.86. The van der Waals surface area contributed by atoms with Crippen LogP contribution in [0.5, 0.6) is 0 Å². The van der Waals surface area contributed by atoms with Crippen LogP contribution < -0.4 is 10.0 Å². The Morgan fingerprint density at radius 1 is 0.906 bits per heavy atom. The molecule has 4 rings (SSSR count).